The third-order valence-electron chi connectivity index (χ3n) is 2.35. The quantitative estimate of drug-likeness (QED) is 0.671. The Bertz CT molecular complexity index is 502. The van der Waals surface area contributed by atoms with Gasteiger partial charge in [-0.1, -0.05) is 0 Å². The van der Waals surface area contributed by atoms with Crippen LogP contribution in [0, 0.1) is 6.92 Å². The van der Waals surface area contributed by atoms with Crippen molar-refractivity contribution in [3.63, 3.8) is 0 Å². The van der Waals surface area contributed by atoms with Gasteiger partial charge in [-0.2, -0.15) is 0 Å². The minimum absolute atomic E-state index is 0.0170. The van der Waals surface area contributed by atoms with Crippen LogP contribution in [0.4, 0.5) is 0 Å². The van der Waals surface area contributed by atoms with Crippen LogP contribution in [0.3, 0.4) is 0 Å². The van der Waals surface area contributed by atoms with Crippen molar-refractivity contribution < 1.29 is 29.3 Å². The van der Waals surface area contributed by atoms with E-state index in [4.69, 9.17) is 14.9 Å². The topological polar surface area (TPSA) is 117 Å². The predicted octanol–water partition coefficient (Wildman–Crippen LogP) is 0.825. The van der Waals surface area contributed by atoms with Crippen LogP contribution in [-0.4, -0.2) is 39.7 Å². The lowest BCUT2D eigenvalue weighted by atomic mass is 10.1. The number of carboxylic acid groups (broad SMARTS) is 2. The van der Waals surface area contributed by atoms with Crippen LogP contribution in [0.25, 0.3) is 0 Å². The summed E-state index contributed by atoms with van der Waals surface area (Å²) in [5, 5.41) is 17.6. The number of nitrogens with one attached hydrogen (secondary N) is 1. The number of H-pyrrole nitrogens is 1. The molecule has 18 heavy (non-hydrogen) atoms. The van der Waals surface area contributed by atoms with Gasteiger partial charge in [-0.25, -0.2) is 9.59 Å². The van der Waals surface area contributed by atoms with Crippen LogP contribution in [-0.2, 0) is 16.0 Å². The van der Waals surface area contributed by atoms with Crippen LogP contribution in [0.2, 0.25) is 0 Å². The van der Waals surface area contributed by atoms with Gasteiger partial charge in [-0.05, 0) is 19.4 Å². The van der Waals surface area contributed by atoms with E-state index >= 15 is 0 Å². The fourth-order valence-corrected chi connectivity index (χ4v) is 1.64. The summed E-state index contributed by atoms with van der Waals surface area (Å²) in [6.07, 6.45) is -0.470. The second-order valence-corrected chi connectivity index (χ2v) is 3.57. The van der Waals surface area contributed by atoms with E-state index in [1.54, 1.807) is 6.92 Å². The van der Waals surface area contributed by atoms with Gasteiger partial charge in [0, 0.05) is 5.69 Å². The number of carbonyl (C=O) groups excluding carboxylic acids is 1. The van der Waals surface area contributed by atoms with E-state index in [1.165, 1.54) is 6.92 Å². The SMILES string of the molecule is CCOC(=O)c1c(CC(=O)O)[nH]c(C(=O)O)c1C. The van der Waals surface area contributed by atoms with Gasteiger partial charge in [0.05, 0.1) is 18.6 Å². The molecule has 98 valence electrons. The second kappa shape index (κ2) is 5.35. The minimum Gasteiger partial charge on any atom is -0.481 e. The van der Waals surface area contributed by atoms with Crippen molar-refractivity contribution in [1.29, 1.82) is 0 Å². The summed E-state index contributed by atoms with van der Waals surface area (Å²) in [6, 6.07) is 0. The molecule has 7 heteroatoms. The first-order chi connectivity index (χ1) is 8.38. The lowest BCUT2D eigenvalue weighted by Crippen LogP contribution is -2.11. The van der Waals surface area contributed by atoms with Gasteiger partial charge in [0.2, 0.25) is 0 Å². The molecule has 1 rings (SSSR count). The van der Waals surface area contributed by atoms with Crippen LogP contribution >= 0.6 is 0 Å². The maximum Gasteiger partial charge on any atom is 0.352 e. The molecule has 0 spiro atoms. The Morgan fingerprint density at radius 3 is 2.33 bits per heavy atom. The molecule has 3 N–H and O–H groups in total. The molecule has 1 aromatic rings. The van der Waals surface area contributed by atoms with E-state index in [2.05, 4.69) is 4.98 Å². The van der Waals surface area contributed by atoms with Gasteiger partial charge in [0.1, 0.15) is 5.69 Å². The summed E-state index contributed by atoms with van der Waals surface area (Å²) in [7, 11) is 0. The number of hydrogen-bond donors (Lipinski definition) is 3. The molecule has 0 saturated heterocycles. The van der Waals surface area contributed by atoms with Gasteiger partial charge < -0.3 is 19.9 Å². The molecule has 0 fully saturated rings. The Morgan fingerprint density at radius 1 is 1.28 bits per heavy atom. The van der Waals surface area contributed by atoms with Gasteiger partial charge in [0.25, 0.3) is 0 Å². The number of aliphatic carboxylic acids is 1. The highest BCUT2D eigenvalue weighted by Gasteiger charge is 2.25. The molecule has 0 bridgehead atoms. The van der Waals surface area contributed by atoms with E-state index in [0.29, 0.717) is 0 Å². The molecule has 0 aromatic carbocycles. The maximum atomic E-state index is 11.7. The Labute approximate surface area is 102 Å². The van der Waals surface area contributed by atoms with Crippen LogP contribution in [0.15, 0.2) is 0 Å². The highest BCUT2D eigenvalue weighted by atomic mass is 16.5. The molecule has 0 radical (unpaired) electrons. The van der Waals surface area contributed by atoms with Gasteiger partial charge >= 0.3 is 17.9 Å². The van der Waals surface area contributed by atoms with Gasteiger partial charge in [-0.3, -0.25) is 4.79 Å². The number of aromatic carboxylic acids is 1. The summed E-state index contributed by atoms with van der Waals surface area (Å²) in [5.74, 6) is -3.15. The summed E-state index contributed by atoms with van der Waals surface area (Å²) in [5.41, 5.74) is -0.000923. The van der Waals surface area contributed by atoms with E-state index < -0.39 is 24.3 Å². The zero-order valence-electron chi connectivity index (χ0n) is 9.94. The van der Waals surface area contributed by atoms with Crippen molar-refractivity contribution in [3.05, 3.63) is 22.5 Å². The molecular weight excluding hydrogens is 242 g/mol. The smallest absolute Gasteiger partial charge is 0.352 e. The molecule has 0 aliphatic heterocycles. The number of rotatable bonds is 5. The number of carboxylic acids is 2. The number of aromatic nitrogens is 1. The molecule has 0 saturated carbocycles. The van der Waals surface area contributed by atoms with Crippen molar-refractivity contribution in [1.82, 2.24) is 4.98 Å². The first-order valence-electron chi connectivity index (χ1n) is 5.22. The molecular formula is C11H13NO6. The summed E-state index contributed by atoms with van der Waals surface area (Å²) >= 11 is 0. The minimum atomic E-state index is -1.25. The van der Waals surface area contributed by atoms with Crippen LogP contribution in [0.5, 0.6) is 0 Å². The number of ether oxygens (including phenoxy) is 1. The molecule has 0 atom stereocenters. The van der Waals surface area contributed by atoms with Crippen molar-refractivity contribution in [2.45, 2.75) is 20.3 Å². The van der Waals surface area contributed by atoms with Crippen molar-refractivity contribution in [3.8, 4) is 0 Å². The molecule has 0 amide bonds. The number of aromatic amines is 1. The van der Waals surface area contributed by atoms with Crippen molar-refractivity contribution >= 4 is 17.9 Å². The molecule has 0 unspecified atom stereocenters. The summed E-state index contributed by atoms with van der Waals surface area (Å²) in [6.45, 7) is 3.16. The summed E-state index contributed by atoms with van der Waals surface area (Å²) < 4.78 is 4.78. The Balaban J connectivity index is 3.30. The van der Waals surface area contributed by atoms with E-state index in [-0.39, 0.29) is 29.1 Å². The molecule has 1 aromatic heterocycles. The lowest BCUT2D eigenvalue weighted by Gasteiger charge is -2.03. The average molecular weight is 255 g/mol. The predicted molar refractivity (Wildman–Crippen MR) is 59.8 cm³/mol. The molecule has 0 aliphatic carbocycles. The zero-order chi connectivity index (χ0) is 13.9. The largest absolute Gasteiger partial charge is 0.481 e. The van der Waals surface area contributed by atoms with E-state index in [0.717, 1.165) is 0 Å². The van der Waals surface area contributed by atoms with Crippen molar-refractivity contribution in [2.24, 2.45) is 0 Å². The average Bonchev–Trinajstić information content (AvgIpc) is 2.55. The molecule has 0 aliphatic rings. The lowest BCUT2D eigenvalue weighted by molar-refractivity contribution is -0.136. The van der Waals surface area contributed by atoms with E-state index in [1.807, 2.05) is 0 Å². The highest BCUT2D eigenvalue weighted by Crippen LogP contribution is 2.20. The van der Waals surface area contributed by atoms with Crippen LogP contribution in [0.1, 0.15) is 39.0 Å². The van der Waals surface area contributed by atoms with E-state index in [9.17, 15) is 14.4 Å². The number of esters is 1. The monoisotopic (exact) mass is 255 g/mol. The fourth-order valence-electron chi connectivity index (χ4n) is 1.64. The molecule has 7 nitrogen and oxygen atoms in total. The third kappa shape index (κ3) is 2.68. The standard InChI is InChI=1S/C11H13NO6/c1-3-18-11(17)8-5(2)9(10(15)16)12-6(8)4-7(13)14/h12H,3-4H2,1-2H3,(H,13,14)(H,15,16). The number of carbonyl (C=O) groups is 3. The normalized spacial score (nSPS) is 10.1. The third-order valence-corrected chi connectivity index (χ3v) is 2.35. The Hall–Kier alpha value is -2.31. The van der Waals surface area contributed by atoms with Crippen molar-refractivity contribution in [2.75, 3.05) is 6.61 Å². The van der Waals surface area contributed by atoms with Crippen LogP contribution < -0.4 is 0 Å². The first kappa shape index (κ1) is 13.8. The maximum absolute atomic E-state index is 11.7. The fraction of sp³-hybridized carbons (Fsp3) is 0.364. The Morgan fingerprint density at radius 2 is 1.89 bits per heavy atom. The molecule has 1 heterocycles. The first-order valence-corrected chi connectivity index (χ1v) is 5.22. The summed E-state index contributed by atoms with van der Waals surface area (Å²) in [4.78, 5) is 35.7. The second-order valence-electron chi connectivity index (χ2n) is 3.57. The van der Waals surface area contributed by atoms with Gasteiger partial charge in [0.15, 0.2) is 0 Å². The van der Waals surface area contributed by atoms with Gasteiger partial charge in [-0.15, -0.1) is 0 Å². The highest BCUT2D eigenvalue weighted by molar-refractivity contribution is 5.98. The number of hydrogen-bond acceptors (Lipinski definition) is 4. The Kier molecular flexibility index (Phi) is 4.09. The zero-order valence-corrected chi connectivity index (χ0v) is 9.94.